The molecule has 12 nitrogen and oxygen atoms in total. The number of H-pyrrole nitrogens is 1. The first-order valence-corrected chi connectivity index (χ1v) is 11.4. The number of rotatable bonds is 5. The highest BCUT2D eigenvalue weighted by atomic mass is 16.3. The average Bonchev–Trinajstić information content (AvgIpc) is 3.26. The molecule has 0 radical (unpaired) electrons. The summed E-state index contributed by atoms with van der Waals surface area (Å²) in [5, 5.41) is 4.37. The second-order valence-corrected chi connectivity index (χ2v) is 8.92. The van der Waals surface area contributed by atoms with Gasteiger partial charge in [0.1, 0.15) is 17.6 Å². The van der Waals surface area contributed by atoms with E-state index in [0.29, 0.717) is 47.8 Å². The molecule has 0 aromatic carbocycles. The predicted molar refractivity (Wildman–Crippen MR) is 120 cm³/mol. The molecule has 1 saturated carbocycles. The Bertz CT molecular complexity index is 1270. The van der Waals surface area contributed by atoms with E-state index < -0.39 is 0 Å². The van der Waals surface area contributed by atoms with Gasteiger partial charge in [0, 0.05) is 45.2 Å². The highest BCUT2D eigenvalue weighted by molar-refractivity contribution is 6.14. The molecule has 3 aliphatic rings. The quantitative estimate of drug-likeness (QED) is 0.513. The van der Waals surface area contributed by atoms with Gasteiger partial charge in [0.25, 0.3) is 0 Å². The standard InChI is InChI=1S/C21H27N9O3/c1-13-23-16(15-3-2-12-33-15)17-18(29(13)22)24-20-28(21(32)25-30(17)20)11-8-26-6-9-27(10-7-26)19(31)14-4-5-14/h2-3,12-14H,4-11,22H2,1H3,(H,25,32). The number of aliphatic imine (C=N–C) groups is 1. The second kappa shape index (κ2) is 7.59. The van der Waals surface area contributed by atoms with E-state index >= 15 is 0 Å². The summed E-state index contributed by atoms with van der Waals surface area (Å²) in [6.45, 7) is 6.15. The fourth-order valence-corrected chi connectivity index (χ4v) is 4.63. The maximum absolute atomic E-state index is 12.8. The molecular formula is C21H27N9O3. The van der Waals surface area contributed by atoms with Crippen LogP contribution in [0.5, 0.6) is 0 Å². The van der Waals surface area contributed by atoms with Crippen LogP contribution in [0.25, 0.3) is 5.78 Å². The molecule has 1 saturated heterocycles. The van der Waals surface area contributed by atoms with Gasteiger partial charge in [0.2, 0.25) is 11.7 Å². The number of nitrogens with one attached hydrogen (secondary N) is 1. The van der Waals surface area contributed by atoms with Crippen molar-refractivity contribution in [1.82, 2.24) is 29.0 Å². The number of carbonyl (C=O) groups excluding carboxylic acids is 1. The number of furan rings is 1. The minimum absolute atomic E-state index is 0.246. The van der Waals surface area contributed by atoms with E-state index in [1.807, 2.05) is 17.9 Å². The van der Waals surface area contributed by atoms with E-state index in [2.05, 4.69) is 15.0 Å². The number of piperazine rings is 1. The van der Waals surface area contributed by atoms with Crippen LogP contribution in [-0.4, -0.2) is 79.5 Å². The third kappa shape index (κ3) is 3.37. The van der Waals surface area contributed by atoms with Crippen molar-refractivity contribution < 1.29 is 9.21 Å². The van der Waals surface area contributed by atoms with Crippen molar-refractivity contribution >= 4 is 23.2 Å². The lowest BCUT2D eigenvalue weighted by Gasteiger charge is -2.34. The minimum Gasteiger partial charge on any atom is -0.463 e. The number of hydrogen-bond acceptors (Lipinski definition) is 8. The Labute approximate surface area is 189 Å². The van der Waals surface area contributed by atoms with Crippen LogP contribution in [0.15, 0.2) is 32.6 Å². The molecule has 1 aliphatic carbocycles. The van der Waals surface area contributed by atoms with Crippen molar-refractivity contribution in [3.63, 3.8) is 0 Å². The summed E-state index contributed by atoms with van der Waals surface area (Å²) in [6, 6.07) is 3.62. The molecule has 0 bridgehead atoms. The Balaban J connectivity index is 1.24. The average molecular weight is 454 g/mol. The smallest absolute Gasteiger partial charge is 0.343 e. The number of imidazole rings is 1. The normalized spacial score (nSPS) is 21.5. The molecule has 2 aliphatic heterocycles. The van der Waals surface area contributed by atoms with Crippen LogP contribution in [0.1, 0.15) is 31.2 Å². The molecule has 0 spiro atoms. The van der Waals surface area contributed by atoms with Gasteiger partial charge >= 0.3 is 5.69 Å². The van der Waals surface area contributed by atoms with Gasteiger partial charge < -0.3 is 9.32 Å². The van der Waals surface area contributed by atoms with Crippen molar-refractivity contribution in [1.29, 1.82) is 0 Å². The summed E-state index contributed by atoms with van der Waals surface area (Å²) in [6.07, 6.45) is 3.32. The Morgan fingerprint density at radius 2 is 2.03 bits per heavy atom. The second-order valence-electron chi connectivity index (χ2n) is 8.92. The van der Waals surface area contributed by atoms with Gasteiger partial charge in [0.05, 0.1) is 6.26 Å². The number of aromatic nitrogens is 4. The molecule has 2 fully saturated rings. The molecule has 1 amide bonds. The summed E-state index contributed by atoms with van der Waals surface area (Å²) < 4.78 is 8.83. The molecule has 6 rings (SSSR count). The fourth-order valence-electron chi connectivity index (χ4n) is 4.63. The zero-order chi connectivity index (χ0) is 22.7. The lowest BCUT2D eigenvalue weighted by atomic mass is 10.1. The van der Waals surface area contributed by atoms with Gasteiger partial charge in [-0.15, -0.1) is 0 Å². The molecule has 3 aromatic rings. The molecule has 5 heterocycles. The Kier molecular flexibility index (Phi) is 4.66. The van der Waals surface area contributed by atoms with E-state index in [-0.39, 0.29) is 17.8 Å². The van der Waals surface area contributed by atoms with E-state index in [4.69, 9.17) is 15.2 Å². The van der Waals surface area contributed by atoms with Gasteiger partial charge in [-0.25, -0.2) is 20.3 Å². The third-order valence-corrected chi connectivity index (χ3v) is 6.73. The first-order valence-electron chi connectivity index (χ1n) is 11.4. The van der Waals surface area contributed by atoms with Crippen LogP contribution in [0, 0.1) is 5.92 Å². The topological polar surface area (TPSA) is 133 Å². The van der Waals surface area contributed by atoms with Crippen LogP contribution in [0.4, 0.5) is 5.82 Å². The minimum atomic E-state index is -0.327. The van der Waals surface area contributed by atoms with Crippen molar-refractivity contribution in [2.45, 2.75) is 32.5 Å². The Morgan fingerprint density at radius 1 is 1.24 bits per heavy atom. The molecule has 12 heteroatoms. The molecule has 174 valence electrons. The summed E-state index contributed by atoms with van der Waals surface area (Å²) >= 11 is 0. The third-order valence-electron chi connectivity index (χ3n) is 6.73. The van der Waals surface area contributed by atoms with E-state index in [0.717, 1.165) is 39.0 Å². The van der Waals surface area contributed by atoms with Gasteiger partial charge in [0.15, 0.2) is 11.6 Å². The number of aromatic amines is 1. The van der Waals surface area contributed by atoms with Gasteiger partial charge in [-0.3, -0.25) is 24.3 Å². The SMILES string of the molecule is CC1N=C(c2ccco2)c2c(nc3n(CCN4CCN(C(=O)C5CC5)CC4)c(=O)[nH]n23)N1N. The van der Waals surface area contributed by atoms with Crippen molar-refractivity contribution in [2.75, 3.05) is 37.7 Å². The largest absolute Gasteiger partial charge is 0.463 e. The molecule has 33 heavy (non-hydrogen) atoms. The monoisotopic (exact) mass is 453 g/mol. The van der Waals surface area contributed by atoms with Crippen molar-refractivity contribution in [3.05, 3.63) is 40.3 Å². The van der Waals surface area contributed by atoms with Crippen LogP contribution < -0.4 is 16.5 Å². The van der Waals surface area contributed by atoms with Crippen LogP contribution in [0.3, 0.4) is 0 Å². The number of anilines is 1. The zero-order valence-electron chi connectivity index (χ0n) is 18.5. The molecule has 1 unspecified atom stereocenters. The van der Waals surface area contributed by atoms with Crippen LogP contribution in [-0.2, 0) is 11.3 Å². The lowest BCUT2D eigenvalue weighted by molar-refractivity contribution is -0.134. The number of hydrogen-bond donors (Lipinski definition) is 2. The molecular weight excluding hydrogens is 426 g/mol. The molecule has 3 N–H and O–H groups in total. The van der Waals surface area contributed by atoms with E-state index in [9.17, 15) is 9.59 Å². The maximum Gasteiger partial charge on any atom is 0.343 e. The van der Waals surface area contributed by atoms with Crippen molar-refractivity contribution in [3.8, 4) is 0 Å². The first-order chi connectivity index (χ1) is 16.0. The number of nitrogens with two attached hydrogens (primary N) is 1. The Morgan fingerprint density at radius 3 is 2.73 bits per heavy atom. The van der Waals surface area contributed by atoms with Crippen LogP contribution in [0.2, 0.25) is 0 Å². The molecule has 1 atom stereocenters. The number of nitrogens with zero attached hydrogens (tertiary/aromatic N) is 7. The van der Waals surface area contributed by atoms with Gasteiger partial charge in [-0.1, -0.05) is 0 Å². The summed E-state index contributed by atoms with van der Waals surface area (Å²) in [5.74, 6) is 8.42. The fraction of sp³-hybridized carbons (Fsp3) is 0.524. The zero-order valence-corrected chi connectivity index (χ0v) is 18.5. The van der Waals surface area contributed by atoms with E-state index in [1.54, 1.807) is 21.4 Å². The van der Waals surface area contributed by atoms with E-state index in [1.165, 1.54) is 5.01 Å². The molecule has 3 aromatic heterocycles. The highest BCUT2D eigenvalue weighted by Crippen LogP contribution is 2.31. The predicted octanol–water partition coefficient (Wildman–Crippen LogP) is -0.152. The summed E-state index contributed by atoms with van der Waals surface area (Å²) in [4.78, 5) is 38.7. The maximum atomic E-state index is 12.8. The van der Waals surface area contributed by atoms with Crippen molar-refractivity contribution in [2.24, 2.45) is 16.8 Å². The summed E-state index contributed by atoms with van der Waals surface area (Å²) in [7, 11) is 0. The number of amides is 1. The van der Waals surface area contributed by atoms with Gasteiger partial charge in [-0.2, -0.15) is 4.98 Å². The number of carbonyl (C=O) groups is 1. The Hall–Kier alpha value is -3.38. The lowest BCUT2D eigenvalue weighted by Crippen LogP contribution is -2.50. The number of fused-ring (bicyclic) bond motifs is 3. The highest BCUT2D eigenvalue weighted by Gasteiger charge is 2.35. The van der Waals surface area contributed by atoms with Crippen LogP contribution >= 0.6 is 0 Å². The summed E-state index contributed by atoms with van der Waals surface area (Å²) in [5.41, 5.74) is 0.953. The number of hydrazine groups is 1. The first kappa shape index (κ1) is 20.2. The van der Waals surface area contributed by atoms with Gasteiger partial charge in [-0.05, 0) is 31.9 Å².